The average Bonchev–Trinajstić information content (AvgIpc) is 2.20. The number of carbonyl (C=O) groups excluding carboxylic acids is 1. The number of aliphatic hydroxyl groups is 2. The standard InChI is InChI=1S/C15H31NO3/c1-7-12(18)11(9-17)16-13(19)8-15(5,6)10-14(2,3)4/h11-12,17-18H,7-10H2,1-6H3,(H,16,19). The minimum Gasteiger partial charge on any atom is -0.394 e. The van der Waals surface area contributed by atoms with Gasteiger partial charge in [0.25, 0.3) is 0 Å². The molecule has 0 aromatic heterocycles. The molecular formula is C15H31NO3. The Morgan fingerprint density at radius 2 is 1.74 bits per heavy atom. The van der Waals surface area contributed by atoms with Gasteiger partial charge in [0.05, 0.1) is 18.8 Å². The Morgan fingerprint density at radius 3 is 2.11 bits per heavy atom. The molecule has 2 atom stereocenters. The van der Waals surface area contributed by atoms with Gasteiger partial charge in [0.1, 0.15) is 0 Å². The molecule has 0 aromatic carbocycles. The fourth-order valence-corrected chi connectivity index (χ4v) is 2.74. The molecule has 0 saturated heterocycles. The number of hydrogen-bond donors (Lipinski definition) is 3. The first-order chi connectivity index (χ1) is 8.50. The van der Waals surface area contributed by atoms with E-state index < -0.39 is 12.1 Å². The van der Waals surface area contributed by atoms with Crippen LogP contribution in [0.4, 0.5) is 0 Å². The Hall–Kier alpha value is -0.610. The molecular weight excluding hydrogens is 242 g/mol. The third-order valence-corrected chi connectivity index (χ3v) is 3.07. The Morgan fingerprint density at radius 1 is 1.21 bits per heavy atom. The van der Waals surface area contributed by atoms with Gasteiger partial charge in [0.15, 0.2) is 0 Å². The predicted molar refractivity (Wildman–Crippen MR) is 77.8 cm³/mol. The molecule has 3 N–H and O–H groups in total. The molecule has 0 aromatic rings. The van der Waals surface area contributed by atoms with E-state index in [1.807, 2.05) is 6.92 Å². The van der Waals surface area contributed by atoms with Gasteiger partial charge in [-0.15, -0.1) is 0 Å². The number of aliphatic hydroxyl groups excluding tert-OH is 2. The Balaban J connectivity index is 4.44. The number of amides is 1. The van der Waals surface area contributed by atoms with E-state index in [0.29, 0.717) is 12.8 Å². The van der Waals surface area contributed by atoms with E-state index >= 15 is 0 Å². The van der Waals surface area contributed by atoms with Gasteiger partial charge in [-0.05, 0) is 23.7 Å². The maximum atomic E-state index is 12.0. The molecule has 0 rings (SSSR count). The molecule has 19 heavy (non-hydrogen) atoms. The summed E-state index contributed by atoms with van der Waals surface area (Å²) in [6.07, 6.45) is 1.15. The fourth-order valence-electron chi connectivity index (χ4n) is 2.74. The highest BCUT2D eigenvalue weighted by atomic mass is 16.3. The van der Waals surface area contributed by atoms with Crippen LogP contribution in [-0.2, 0) is 4.79 Å². The van der Waals surface area contributed by atoms with E-state index in [1.54, 1.807) is 0 Å². The first-order valence-electron chi connectivity index (χ1n) is 7.09. The third-order valence-electron chi connectivity index (χ3n) is 3.07. The van der Waals surface area contributed by atoms with Crippen molar-refractivity contribution in [2.75, 3.05) is 6.61 Å². The van der Waals surface area contributed by atoms with E-state index in [9.17, 15) is 15.0 Å². The van der Waals surface area contributed by atoms with Gasteiger partial charge in [0, 0.05) is 6.42 Å². The molecule has 0 saturated carbocycles. The van der Waals surface area contributed by atoms with E-state index in [-0.39, 0.29) is 23.3 Å². The van der Waals surface area contributed by atoms with Crippen LogP contribution >= 0.6 is 0 Å². The van der Waals surface area contributed by atoms with Crippen molar-refractivity contribution in [2.24, 2.45) is 10.8 Å². The lowest BCUT2D eigenvalue weighted by Crippen LogP contribution is -2.46. The molecule has 4 nitrogen and oxygen atoms in total. The van der Waals surface area contributed by atoms with E-state index in [1.165, 1.54) is 0 Å². The summed E-state index contributed by atoms with van der Waals surface area (Å²) in [6.45, 7) is 12.2. The van der Waals surface area contributed by atoms with Crippen molar-refractivity contribution < 1.29 is 15.0 Å². The van der Waals surface area contributed by atoms with Gasteiger partial charge in [-0.2, -0.15) is 0 Å². The summed E-state index contributed by atoms with van der Waals surface area (Å²) >= 11 is 0. The highest BCUT2D eigenvalue weighted by molar-refractivity contribution is 5.77. The Kier molecular flexibility index (Phi) is 7.01. The average molecular weight is 273 g/mol. The summed E-state index contributed by atoms with van der Waals surface area (Å²) < 4.78 is 0. The predicted octanol–water partition coefficient (Wildman–Crippen LogP) is 2.09. The van der Waals surface area contributed by atoms with Crippen LogP contribution in [-0.4, -0.2) is 34.9 Å². The Labute approximate surface area is 117 Å². The maximum Gasteiger partial charge on any atom is 0.220 e. The van der Waals surface area contributed by atoms with Crippen molar-refractivity contribution in [2.45, 2.75) is 73.0 Å². The highest BCUT2D eigenvalue weighted by Crippen LogP contribution is 2.35. The zero-order valence-electron chi connectivity index (χ0n) is 13.3. The van der Waals surface area contributed by atoms with Crippen LogP contribution in [0.3, 0.4) is 0 Å². The van der Waals surface area contributed by atoms with Gasteiger partial charge in [0.2, 0.25) is 5.91 Å². The first-order valence-corrected chi connectivity index (χ1v) is 7.09. The van der Waals surface area contributed by atoms with Crippen LogP contribution in [0.2, 0.25) is 0 Å². The second-order valence-corrected chi connectivity index (χ2v) is 7.41. The minimum absolute atomic E-state index is 0.0977. The summed E-state index contributed by atoms with van der Waals surface area (Å²) in [7, 11) is 0. The van der Waals surface area contributed by atoms with Crippen molar-refractivity contribution >= 4 is 5.91 Å². The van der Waals surface area contributed by atoms with Gasteiger partial charge in [-0.3, -0.25) is 4.79 Å². The van der Waals surface area contributed by atoms with Gasteiger partial charge < -0.3 is 15.5 Å². The minimum atomic E-state index is -0.695. The molecule has 1 amide bonds. The summed E-state index contributed by atoms with van der Waals surface area (Å²) in [5.41, 5.74) is 0.0720. The first kappa shape index (κ1) is 18.4. The summed E-state index contributed by atoms with van der Waals surface area (Å²) in [6, 6.07) is -0.567. The van der Waals surface area contributed by atoms with Crippen LogP contribution in [0.15, 0.2) is 0 Å². The van der Waals surface area contributed by atoms with Crippen molar-refractivity contribution in [3.63, 3.8) is 0 Å². The Bertz CT molecular complexity index is 282. The molecule has 114 valence electrons. The van der Waals surface area contributed by atoms with Crippen molar-refractivity contribution in [1.82, 2.24) is 5.32 Å². The number of hydrogen-bond acceptors (Lipinski definition) is 3. The lowest BCUT2D eigenvalue weighted by atomic mass is 9.74. The molecule has 0 fully saturated rings. The van der Waals surface area contributed by atoms with Crippen molar-refractivity contribution in [3.8, 4) is 0 Å². The molecule has 0 aliphatic rings. The molecule has 0 bridgehead atoms. The molecule has 0 aliphatic carbocycles. The van der Waals surface area contributed by atoms with Gasteiger partial charge in [-0.25, -0.2) is 0 Å². The van der Waals surface area contributed by atoms with Crippen LogP contribution in [0.1, 0.15) is 60.8 Å². The van der Waals surface area contributed by atoms with E-state index in [2.05, 4.69) is 39.9 Å². The number of nitrogens with one attached hydrogen (secondary N) is 1. The summed E-state index contributed by atoms with van der Waals surface area (Å²) in [5, 5.41) is 21.6. The second kappa shape index (κ2) is 7.25. The summed E-state index contributed by atoms with van der Waals surface area (Å²) in [4.78, 5) is 12.0. The lowest BCUT2D eigenvalue weighted by molar-refractivity contribution is -0.125. The fraction of sp³-hybridized carbons (Fsp3) is 0.933. The zero-order chi connectivity index (χ0) is 15.3. The normalized spacial score (nSPS) is 16.0. The third kappa shape index (κ3) is 8.22. The molecule has 4 heteroatoms. The maximum absolute atomic E-state index is 12.0. The van der Waals surface area contributed by atoms with E-state index in [4.69, 9.17) is 0 Å². The van der Waals surface area contributed by atoms with Crippen molar-refractivity contribution in [1.29, 1.82) is 0 Å². The van der Waals surface area contributed by atoms with Crippen LogP contribution in [0.25, 0.3) is 0 Å². The topological polar surface area (TPSA) is 69.6 Å². The monoisotopic (exact) mass is 273 g/mol. The highest BCUT2D eigenvalue weighted by Gasteiger charge is 2.29. The molecule has 2 unspecified atom stereocenters. The summed E-state index contributed by atoms with van der Waals surface area (Å²) in [5.74, 6) is -0.110. The number of carbonyl (C=O) groups is 1. The molecule has 0 radical (unpaired) electrons. The van der Waals surface area contributed by atoms with Crippen LogP contribution < -0.4 is 5.32 Å². The van der Waals surface area contributed by atoms with Crippen LogP contribution in [0, 0.1) is 10.8 Å². The molecule has 0 heterocycles. The largest absolute Gasteiger partial charge is 0.394 e. The zero-order valence-corrected chi connectivity index (χ0v) is 13.3. The molecule has 0 spiro atoms. The van der Waals surface area contributed by atoms with Crippen molar-refractivity contribution in [3.05, 3.63) is 0 Å². The SMILES string of the molecule is CCC(O)C(CO)NC(=O)CC(C)(C)CC(C)(C)C. The van der Waals surface area contributed by atoms with Gasteiger partial charge in [-0.1, -0.05) is 41.5 Å². The second-order valence-electron chi connectivity index (χ2n) is 7.41. The van der Waals surface area contributed by atoms with Gasteiger partial charge >= 0.3 is 0 Å². The van der Waals surface area contributed by atoms with Crippen LogP contribution in [0.5, 0.6) is 0 Å². The smallest absolute Gasteiger partial charge is 0.220 e. The number of rotatable bonds is 7. The van der Waals surface area contributed by atoms with E-state index in [0.717, 1.165) is 6.42 Å². The molecule has 0 aliphatic heterocycles. The lowest BCUT2D eigenvalue weighted by Gasteiger charge is -2.32. The quantitative estimate of drug-likeness (QED) is 0.665.